The molecule has 0 amide bonds. The molecule has 1 unspecified atom stereocenters. The number of halogens is 1. The van der Waals surface area contributed by atoms with E-state index in [1.54, 1.807) is 0 Å². The Morgan fingerprint density at radius 1 is 0.941 bits per heavy atom. The second kappa shape index (κ2) is 3.50. The molecule has 0 nitrogen and oxygen atoms in total. The largest absolute Gasteiger partial charge is 0.0908 e. The minimum absolute atomic E-state index is 0.460. The molecule has 82 valence electrons. The summed E-state index contributed by atoms with van der Waals surface area (Å²) < 4.78 is 1.23. The Morgan fingerprint density at radius 3 is 2.59 bits per heavy atom. The van der Waals surface area contributed by atoms with E-state index in [1.165, 1.54) is 31.0 Å². The Morgan fingerprint density at radius 2 is 1.76 bits per heavy atom. The summed E-state index contributed by atoms with van der Waals surface area (Å²) in [4.78, 5) is 3.04. The van der Waals surface area contributed by atoms with Crippen LogP contribution in [0.1, 0.15) is 22.6 Å². The van der Waals surface area contributed by atoms with Crippen molar-refractivity contribution in [2.75, 3.05) is 0 Å². The van der Waals surface area contributed by atoms with Crippen LogP contribution >= 0.6 is 27.7 Å². The first-order chi connectivity index (χ1) is 8.36. The van der Waals surface area contributed by atoms with Gasteiger partial charge in [0.2, 0.25) is 0 Å². The van der Waals surface area contributed by atoms with Crippen LogP contribution in [0.3, 0.4) is 0 Å². The highest BCUT2D eigenvalue weighted by Gasteiger charge is 2.43. The molecule has 2 aromatic rings. The molecule has 0 bridgehead atoms. The molecule has 17 heavy (non-hydrogen) atoms. The van der Waals surface area contributed by atoms with Gasteiger partial charge in [0.25, 0.3) is 0 Å². The molecular weight excluding hydrogens is 292 g/mol. The quantitative estimate of drug-likeness (QED) is 0.713. The molecule has 2 aromatic carbocycles. The molecule has 0 N–H and O–H groups in total. The van der Waals surface area contributed by atoms with E-state index in [9.17, 15) is 0 Å². The van der Waals surface area contributed by atoms with Crippen LogP contribution < -0.4 is 0 Å². The molecule has 1 atom stereocenters. The molecule has 0 aromatic heterocycles. The second-order valence-corrected chi connectivity index (χ2v) is 6.25. The maximum Gasteiger partial charge on any atom is 0.0432 e. The zero-order valence-corrected chi connectivity index (χ0v) is 11.4. The van der Waals surface area contributed by atoms with Crippen LogP contribution in [0.25, 0.3) is 4.91 Å². The third-order valence-electron chi connectivity index (χ3n) is 3.38. The molecule has 0 saturated carbocycles. The fraction of sp³-hybridized carbons (Fsp3) is 0.0667. The van der Waals surface area contributed by atoms with Crippen molar-refractivity contribution < 1.29 is 0 Å². The van der Waals surface area contributed by atoms with Gasteiger partial charge in [-0.2, -0.15) is 0 Å². The minimum Gasteiger partial charge on any atom is -0.0908 e. The van der Waals surface area contributed by atoms with Crippen LogP contribution in [-0.2, 0) is 0 Å². The van der Waals surface area contributed by atoms with Crippen molar-refractivity contribution in [3.63, 3.8) is 0 Å². The van der Waals surface area contributed by atoms with Crippen molar-refractivity contribution in [3.8, 4) is 0 Å². The monoisotopic (exact) mass is 300 g/mol. The van der Waals surface area contributed by atoms with Crippen LogP contribution in [0.15, 0.2) is 57.9 Å². The molecule has 1 aliphatic heterocycles. The van der Waals surface area contributed by atoms with Crippen LogP contribution in [0.4, 0.5) is 0 Å². The maximum atomic E-state index is 3.70. The van der Waals surface area contributed by atoms with Gasteiger partial charge in [-0.15, -0.1) is 0 Å². The molecule has 0 spiro atoms. The highest BCUT2D eigenvalue weighted by atomic mass is 79.9. The number of hydrogen-bond acceptors (Lipinski definition) is 1. The summed E-state index contributed by atoms with van der Waals surface area (Å²) >= 11 is 5.64. The first kappa shape index (κ1) is 9.98. The van der Waals surface area contributed by atoms with Crippen molar-refractivity contribution in [1.29, 1.82) is 0 Å². The van der Waals surface area contributed by atoms with Crippen molar-refractivity contribution in [2.24, 2.45) is 0 Å². The van der Waals surface area contributed by atoms with Crippen LogP contribution in [0.5, 0.6) is 0 Å². The lowest BCUT2D eigenvalue weighted by molar-refractivity contribution is 1.03. The number of rotatable bonds is 1. The maximum absolute atomic E-state index is 3.70. The van der Waals surface area contributed by atoms with E-state index < -0.39 is 0 Å². The van der Waals surface area contributed by atoms with Crippen molar-refractivity contribution in [2.45, 2.75) is 5.92 Å². The normalized spacial score (nSPS) is 20.2. The molecular formula is C15H9BrS. The summed E-state index contributed by atoms with van der Waals surface area (Å²) in [5, 5.41) is 0. The third kappa shape index (κ3) is 1.37. The fourth-order valence-electron chi connectivity index (χ4n) is 2.59. The lowest BCUT2D eigenvalue weighted by Gasteiger charge is -2.17. The summed E-state index contributed by atoms with van der Waals surface area (Å²) in [6.07, 6.45) is 0. The van der Waals surface area contributed by atoms with Gasteiger partial charge in [0.05, 0.1) is 0 Å². The molecule has 0 radical (unpaired) electrons. The van der Waals surface area contributed by atoms with Crippen molar-refractivity contribution in [3.05, 3.63) is 74.6 Å². The lowest BCUT2D eigenvalue weighted by atomic mass is 9.93. The van der Waals surface area contributed by atoms with Crippen LogP contribution in [-0.4, -0.2) is 0 Å². The molecule has 0 fully saturated rings. The van der Waals surface area contributed by atoms with Gasteiger partial charge in [-0.25, -0.2) is 0 Å². The van der Waals surface area contributed by atoms with Gasteiger partial charge in [0.1, 0.15) is 0 Å². The smallest absolute Gasteiger partial charge is 0.0432 e. The highest BCUT2D eigenvalue weighted by molar-refractivity contribution is 9.10. The van der Waals surface area contributed by atoms with E-state index in [0.717, 1.165) is 0 Å². The predicted molar refractivity (Wildman–Crippen MR) is 76.9 cm³/mol. The van der Waals surface area contributed by atoms with E-state index in [0.29, 0.717) is 5.92 Å². The molecule has 0 saturated heterocycles. The summed E-state index contributed by atoms with van der Waals surface area (Å²) in [5.41, 5.74) is 4.27. The van der Waals surface area contributed by atoms with Crippen molar-refractivity contribution in [1.82, 2.24) is 0 Å². The van der Waals surface area contributed by atoms with E-state index in [4.69, 9.17) is 0 Å². The van der Waals surface area contributed by atoms with E-state index in [1.807, 2.05) is 11.8 Å². The summed E-state index contributed by atoms with van der Waals surface area (Å²) in [6, 6.07) is 17.3. The number of allylic oxidation sites excluding steroid dienone is 1. The number of hydrogen-bond donors (Lipinski definition) is 0. The SMILES string of the molecule is Brc1cccc2c1C(c1ccccc1)C1=C2S1. The summed E-state index contributed by atoms with van der Waals surface area (Å²) in [6.45, 7) is 0. The first-order valence-electron chi connectivity index (χ1n) is 5.62. The van der Waals surface area contributed by atoms with Gasteiger partial charge in [-0.1, -0.05) is 70.2 Å². The zero-order chi connectivity index (χ0) is 11.4. The first-order valence-corrected chi connectivity index (χ1v) is 7.23. The van der Waals surface area contributed by atoms with Gasteiger partial charge in [0.15, 0.2) is 0 Å². The van der Waals surface area contributed by atoms with Gasteiger partial charge in [-0.3, -0.25) is 0 Å². The molecule has 1 aliphatic carbocycles. The molecule has 1 heterocycles. The Labute approximate surface area is 113 Å². The van der Waals surface area contributed by atoms with Gasteiger partial charge >= 0.3 is 0 Å². The van der Waals surface area contributed by atoms with E-state index in [2.05, 4.69) is 64.5 Å². The average molecular weight is 301 g/mol. The second-order valence-electron chi connectivity index (χ2n) is 4.34. The third-order valence-corrected chi connectivity index (χ3v) is 5.17. The van der Waals surface area contributed by atoms with Crippen molar-refractivity contribution >= 4 is 32.6 Å². The Kier molecular flexibility index (Phi) is 2.06. The number of thioether (sulfide) groups is 1. The highest BCUT2D eigenvalue weighted by Crippen LogP contribution is 2.67. The summed E-state index contributed by atoms with van der Waals surface area (Å²) in [7, 11) is 0. The van der Waals surface area contributed by atoms with Crippen LogP contribution in [0.2, 0.25) is 0 Å². The Balaban J connectivity index is 1.94. The van der Waals surface area contributed by atoms with Crippen LogP contribution in [0, 0.1) is 0 Å². The number of benzene rings is 2. The number of fused-ring (bicyclic) bond motifs is 2. The van der Waals surface area contributed by atoms with E-state index in [-0.39, 0.29) is 0 Å². The van der Waals surface area contributed by atoms with E-state index >= 15 is 0 Å². The Bertz CT molecular complexity index is 643. The standard InChI is InChI=1S/C15H9BrS/c16-11-8-4-7-10-13(11)12(15-14(10)17-15)9-5-2-1-3-6-9/h1-8,12H. The minimum atomic E-state index is 0.460. The van der Waals surface area contributed by atoms with Gasteiger partial charge in [-0.05, 0) is 22.8 Å². The summed E-state index contributed by atoms with van der Waals surface area (Å²) in [5.74, 6) is 0.460. The zero-order valence-electron chi connectivity index (χ0n) is 8.98. The molecule has 2 heteroatoms. The lowest BCUT2D eigenvalue weighted by Crippen LogP contribution is -2.00. The molecule has 4 rings (SSSR count). The van der Waals surface area contributed by atoms with Gasteiger partial charge in [0, 0.05) is 20.2 Å². The fourth-order valence-corrected chi connectivity index (χ4v) is 4.24. The molecule has 2 aliphatic rings. The van der Waals surface area contributed by atoms with Gasteiger partial charge < -0.3 is 0 Å². The average Bonchev–Trinajstić information content (AvgIpc) is 3.07. The Hall–Kier alpha value is -0.990. The topological polar surface area (TPSA) is 0 Å². The predicted octanol–water partition coefficient (Wildman–Crippen LogP) is 5.01.